The Morgan fingerprint density at radius 2 is 2.16 bits per heavy atom. The van der Waals surface area contributed by atoms with Gasteiger partial charge in [0.25, 0.3) is 0 Å². The zero-order valence-corrected chi connectivity index (χ0v) is 11.8. The fraction of sp³-hybridized carbons (Fsp3) is 0.786. The number of hydrogen-bond donors (Lipinski definition) is 0. The van der Waals surface area contributed by atoms with Gasteiger partial charge in [0.2, 0.25) is 0 Å². The highest BCUT2D eigenvalue weighted by Gasteiger charge is 2.46. The molecule has 0 radical (unpaired) electrons. The van der Waals surface area contributed by atoms with Crippen LogP contribution in [0.2, 0.25) is 0 Å². The molecule has 0 spiro atoms. The monoisotopic (exact) mass is 270 g/mol. The standard InChI is InChI=1S/C14H22O5/c1-4-5-8-16-9-11-13-10(6-7-12(15)17-11)18-14(2,3)19-13/h6-7,10-11,13H,4-5,8-9H2,1-3H3/t10-,11+,13-/m0/s1. The largest absolute Gasteiger partial charge is 0.454 e. The summed E-state index contributed by atoms with van der Waals surface area (Å²) in [6, 6.07) is 0. The second-order valence-electron chi connectivity index (χ2n) is 5.33. The molecule has 0 bridgehead atoms. The Morgan fingerprint density at radius 1 is 1.37 bits per heavy atom. The predicted molar refractivity (Wildman–Crippen MR) is 68.6 cm³/mol. The number of unbranched alkanes of at least 4 members (excludes halogenated alkanes) is 1. The fourth-order valence-corrected chi connectivity index (χ4v) is 2.26. The molecule has 1 fully saturated rings. The second kappa shape index (κ2) is 6.03. The topological polar surface area (TPSA) is 54.0 Å². The van der Waals surface area contributed by atoms with Crippen LogP contribution in [0.5, 0.6) is 0 Å². The van der Waals surface area contributed by atoms with Gasteiger partial charge in [-0.3, -0.25) is 0 Å². The minimum absolute atomic E-state index is 0.263. The van der Waals surface area contributed by atoms with Crippen molar-refractivity contribution < 1.29 is 23.7 Å². The predicted octanol–water partition coefficient (Wildman–Crippen LogP) is 1.80. The van der Waals surface area contributed by atoms with E-state index in [4.69, 9.17) is 18.9 Å². The maximum Gasteiger partial charge on any atom is 0.330 e. The van der Waals surface area contributed by atoms with Gasteiger partial charge in [0.15, 0.2) is 11.9 Å². The van der Waals surface area contributed by atoms with Gasteiger partial charge in [-0.05, 0) is 26.3 Å². The first kappa shape index (κ1) is 14.5. The van der Waals surface area contributed by atoms with E-state index in [1.165, 1.54) is 6.08 Å². The molecule has 0 amide bonds. The molecule has 0 aliphatic carbocycles. The Kier molecular flexibility index (Phi) is 4.60. The number of fused-ring (bicyclic) bond motifs is 1. The van der Waals surface area contributed by atoms with Crippen LogP contribution in [0.3, 0.4) is 0 Å². The van der Waals surface area contributed by atoms with E-state index in [0.717, 1.165) is 12.8 Å². The van der Waals surface area contributed by atoms with E-state index in [9.17, 15) is 4.79 Å². The van der Waals surface area contributed by atoms with Crippen LogP contribution in [0.1, 0.15) is 33.6 Å². The molecule has 2 heterocycles. The summed E-state index contributed by atoms with van der Waals surface area (Å²) in [5.74, 6) is -1.03. The lowest BCUT2D eigenvalue weighted by molar-refractivity contribution is -0.173. The molecule has 19 heavy (non-hydrogen) atoms. The van der Waals surface area contributed by atoms with Gasteiger partial charge in [0.1, 0.15) is 12.2 Å². The molecule has 3 atom stereocenters. The molecule has 5 heteroatoms. The molecular formula is C14H22O5. The number of cyclic esters (lactones) is 1. The molecule has 0 N–H and O–H groups in total. The first-order valence-corrected chi connectivity index (χ1v) is 6.84. The molecule has 5 nitrogen and oxygen atoms in total. The first-order valence-electron chi connectivity index (χ1n) is 6.84. The number of rotatable bonds is 5. The lowest BCUT2D eigenvalue weighted by Crippen LogP contribution is -2.39. The molecule has 0 aromatic carbocycles. The van der Waals surface area contributed by atoms with Crippen LogP contribution < -0.4 is 0 Å². The van der Waals surface area contributed by atoms with Gasteiger partial charge < -0.3 is 18.9 Å². The zero-order valence-electron chi connectivity index (χ0n) is 11.8. The summed E-state index contributed by atoms with van der Waals surface area (Å²) in [7, 11) is 0. The van der Waals surface area contributed by atoms with Crippen LogP contribution in [0.4, 0.5) is 0 Å². The van der Waals surface area contributed by atoms with E-state index in [0.29, 0.717) is 13.2 Å². The van der Waals surface area contributed by atoms with Crippen LogP contribution in [0, 0.1) is 0 Å². The minimum atomic E-state index is -0.662. The van der Waals surface area contributed by atoms with Crippen LogP contribution in [0.15, 0.2) is 12.2 Å². The smallest absolute Gasteiger partial charge is 0.330 e. The van der Waals surface area contributed by atoms with Gasteiger partial charge in [0, 0.05) is 12.7 Å². The molecule has 2 aliphatic rings. The van der Waals surface area contributed by atoms with Crippen molar-refractivity contribution in [3.63, 3.8) is 0 Å². The van der Waals surface area contributed by atoms with Gasteiger partial charge in [-0.1, -0.05) is 13.3 Å². The third kappa shape index (κ3) is 3.78. The molecule has 0 aromatic heterocycles. The molecule has 0 saturated carbocycles. The molecule has 108 valence electrons. The Balaban J connectivity index is 1.98. The lowest BCUT2D eigenvalue weighted by atomic mass is 10.1. The SMILES string of the molecule is CCCCOC[C@H]1OC(=O)C=C[C@@H]2OC(C)(C)O[C@@H]21. The number of carbonyl (C=O) groups excluding carboxylic acids is 1. The van der Waals surface area contributed by atoms with Crippen molar-refractivity contribution in [1.82, 2.24) is 0 Å². The Labute approximate surface area is 113 Å². The van der Waals surface area contributed by atoms with Gasteiger partial charge >= 0.3 is 5.97 Å². The van der Waals surface area contributed by atoms with Crippen molar-refractivity contribution in [2.45, 2.75) is 57.7 Å². The van der Waals surface area contributed by atoms with Crippen molar-refractivity contribution in [3.8, 4) is 0 Å². The second-order valence-corrected chi connectivity index (χ2v) is 5.33. The van der Waals surface area contributed by atoms with Gasteiger partial charge in [-0.15, -0.1) is 0 Å². The normalized spacial score (nSPS) is 32.8. The van der Waals surface area contributed by atoms with Crippen molar-refractivity contribution in [2.24, 2.45) is 0 Å². The average Bonchev–Trinajstić information content (AvgIpc) is 2.58. The highest BCUT2D eigenvalue weighted by atomic mass is 16.8. The third-order valence-corrected chi connectivity index (χ3v) is 3.14. The summed E-state index contributed by atoms with van der Waals surface area (Å²) in [5, 5.41) is 0. The van der Waals surface area contributed by atoms with Crippen molar-refractivity contribution in [2.75, 3.05) is 13.2 Å². The molecule has 2 rings (SSSR count). The van der Waals surface area contributed by atoms with Gasteiger partial charge in [0.05, 0.1) is 6.61 Å². The minimum Gasteiger partial charge on any atom is -0.454 e. The molecule has 2 aliphatic heterocycles. The van der Waals surface area contributed by atoms with Crippen LogP contribution in [-0.4, -0.2) is 43.3 Å². The van der Waals surface area contributed by atoms with E-state index in [2.05, 4.69) is 6.92 Å². The van der Waals surface area contributed by atoms with Gasteiger partial charge in [-0.25, -0.2) is 4.79 Å². The maximum absolute atomic E-state index is 11.5. The van der Waals surface area contributed by atoms with Gasteiger partial charge in [-0.2, -0.15) is 0 Å². The summed E-state index contributed by atoms with van der Waals surface area (Å²) in [5.41, 5.74) is 0. The van der Waals surface area contributed by atoms with E-state index in [-0.39, 0.29) is 18.2 Å². The van der Waals surface area contributed by atoms with Crippen molar-refractivity contribution in [1.29, 1.82) is 0 Å². The fourth-order valence-electron chi connectivity index (χ4n) is 2.26. The first-order chi connectivity index (χ1) is 9.02. The number of carbonyl (C=O) groups is 1. The summed E-state index contributed by atoms with van der Waals surface area (Å²) < 4.78 is 22.5. The molecule has 0 aromatic rings. The van der Waals surface area contributed by atoms with E-state index in [1.807, 2.05) is 13.8 Å². The van der Waals surface area contributed by atoms with Crippen molar-refractivity contribution in [3.05, 3.63) is 12.2 Å². The van der Waals surface area contributed by atoms with E-state index < -0.39 is 11.9 Å². The Hall–Kier alpha value is -0.910. The number of esters is 1. The van der Waals surface area contributed by atoms with Crippen LogP contribution in [-0.2, 0) is 23.7 Å². The maximum atomic E-state index is 11.5. The average molecular weight is 270 g/mol. The molecule has 1 saturated heterocycles. The van der Waals surface area contributed by atoms with Crippen LogP contribution >= 0.6 is 0 Å². The third-order valence-electron chi connectivity index (χ3n) is 3.14. The number of hydrogen-bond acceptors (Lipinski definition) is 5. The molecular weight excluding hydrogens is 248 g/mol. The summed E-state index contributed by atoms with van der Waals surface area (Å²) in [6.45, 7) is 6.82. The Bertz CT molecular complexity index is 350. The van der Waals surface area contributed by atoms with E-state index >= 15 is 0 Å². The highest BCUT2D eigenvalue weighted by Crippen LogP contribution is 2.33. The highest BCUT2D eigenvalue weighted by molar-refractivity contribution is 5.82. The lowest BCUT2D eigenvalue weighted by Gasteiger charge is -2.24. The number of ether oxygens (including phenoxy) is 4. The van der Waals surface area contributed by atoms with Crippen molar-refractivity contribution >= 4 is 5.97 Å². The van der Waals surface area contributed by atoms with Crippen LogP contribution in [0.25, 0.3) is 0 Å². The summed E-state index contributed by atoms with van der Waals surface area (Å²) >= 11 is 0. The summed E-state index contributed by atoms with van der Waals surface area (Å²) in [4.78, 5) is 11.5. The summed E-state index contributed by atoms with van der Waals surface area (Å²) in [6.07, 6.45) is 4.18. The zero-order chi connectivity index (χ0) is 13.9. The van der Waals surface area contributed by atoms with E-state index in [1.54, 1.807) is 6.08 Å². The quantitative estimate of drug-likeness (QED) is 0.563. The molecule has 0 unspecified atom stereocenters. The Morgan fingerprint density at radius 3 is 2.89 bits per heavy atom.